The topological polar surface area (TPSA) is 103 Å². The molecule has 35 heavy (non-hydrogen) atoms. The molecule has 0 aliphatic rings. The molecule has 184 valence electrons. The van der Waals surface area contributed by atoms with Crippen LogP contribution in [0.25, 0.3) is 0 Å². The Bertz CT molecular complexity index is 1070. The molecule has 8 heteroatoms. The predicted octanol–water partition coefficient (Wildman–Crippen LogP) is 3.88. The minimum Gasteiger partial charge on any atom is -0.496 e. The number of hydrogen-bond acceptors (Lipinski definition) is 6. The first-order valence-corrected chi connectivity index (χ1v) is 11.0. The lowest BCUT2D eigenvalue weighted by atomic mass is 9.83. The Labute approximate surface area is 204 Å². The number of carbonyl (C=O) groups is 2. The maximum Gasteiger partial charge on any atom is 0.307 e. The molecule has 3 aromatic rings. The minimum atomic E-state index is -1.23. The summed E-state index contributed by atoms with van der Waals surface area (Å²) in [4.78, 5) is 24.9. The number of carboxylic acid groups (broad SMARTS) is 1. The molecular weight excluding hydrogens is 450 g/mol. The maximum absolute atomic E-state index is 13.0. The van der Waals surface area contributed by atoms with E-state index in [4.69, 9.17) is 18.9 Å². The summed E-state index contributed by atoms with van der Waals surface area (Å²) >= 11 is 0. The lowest BCUT2D eigenvalue weighted by molar-refractivity contribution is -0.144. The van der Waals surface area contributed by atoms with Crippen molar-refractivity contribution in [2.75, 3.05) is 34.5 Å². The quantitative estimate of drug-likeness (QED) is 0.380. The molecule has 0 saturated carbocycles. The van der Waals surface area contributed by atoms with Gasteiger partial charge in [0, 0.05) is 18.7 Å². The summed E-state index contributed by atoms with van der Waals surface area (Å²) in [7, 11) is 4.41. The van der Waals surface area contributed by atoms with Gasteiger partial charge in [0.25, 0.3) is 5.91 Å². The summed E-state index contributed by atoms with van der Waals surface area (Å²) in [5, 5.41) is 12.5. The van der Waals surface area contributed by atoms with Crippen molar-refractivity contribution in [3.63, 3.8) is 0 Å². The second-order valence-electron chi connectivity index (χ2n) is 7.64. The Morgan fingerprint density at radius 2 is 1.34 bits per heavy atom. The Balaban J connectivity index is 1.82. The highest BCUT2D eigenvalue weighted by Gasteiger charge is 2.38. The number of nitrogens with one attached hydrogen (secondary N) is 1. The van der Waals surface area contributed by atoms with E-state index >= 15 is 0 Å². The first-order chi connectivity index (χ1) is 16.9. The third-order valence-electron chi connectivity index (χ3n) is 5.56. The summed E-state index contributed by atoms with van der Waals surface area (Å²) in [6.45, 7) is 0.182. The van der Waals surface area contributed by atoms with Crippen LogP contribution >= 0.6 is 0 Å². The average molecular weight is 480 g/mol. The first-order valence-electron chi connectivity index (χ1n) is 11.0. The van der Waals surface area contributed by atoms with Gasteiger partial charge >= 0.3 is 5.97 Å². The van der Waals surface area contributed by atoms with E-state index in [1.807, 2.05) is 60.7 Å². The molecule has 3 aromatic carbocycles. The first kappa shape index (κ1) is 25.6. The smallest absolute Gasteiger partial charge is 0.307 e. The summed E-state index contributed by atoms with van der Waals surface area (Å²) in [5.41, 5.74) is 0.407. The monoisotopic (exact) mass is 479 g/mol. The van der Waals surface area contributed by atoms with Crippen LogP contribution in [-0.2, 0) is 15.1 Å². The van der Waals surface area contributed by atoms with Crippen LogP contribution in [0.2, 0.25) is 0 Å². The largest absolute Gasteiger partial charge is 0.496 e. The molecule has 0 unspecified atom stereocenters. The van der Waals surface area contributed by atoms with E-state index in [0.717, 1.165) is 0 Å². The van der Waals surface area contributed by atoms with Gasteiger partial charge in [0.15, 0.2) is 0 Å². The van der Waals surface area contributed by atoms with Gasteiger partial charge in [-0.05, 0) is 11.1 Å². The molecule has 0 spiro atoms. The van der Waals surface area contributed by atoms with Gasteiger partial charge in [-0.25, -0.2) is 0 Å². The van der Waals surface area contributed by atoms with Gasteiger partial charge in [-0.15, -0.1) is 0 Å². The number of rotatable bonds is 12. The molecule has 0 saturated heterocycles. The van der Waals surface area contributed by atoms with Gasteiger partial charge < -0.3 is 29.4 Å². The van der Waals surface area contributed by atoms with Crippen molar-refractivity contribution >= 4 is 11.9 Å². The number of amides is 1. The fraction of sp³-hybridized carbons (Fsp3) is 0.259. The van der Waals surface area contributed by atoms with Gasteiger partial charge in [0.2, 0.25) is 0 Å². The molecule has 0 heterocycles. The van der Waals surface area contributed by atoms with Crippen LogP contribution in [-0.4, -0.2) is 51.5 Å². The molecule has 0 radical (unpaired) electrons. The molecule has 0 aliphatic heterocycles. The molecule has 2 N–H and O–H groups in total. The SMILES string of the molecule is COc1cc(OC)c(C(=O)NCCOC(CC(=O)O)(c2ccccc2)c2ccccc2)c(OC)c1. The van der Waals surface area contributed by atoms with Crippen LogP contribution in [0, 0.1) is 0 Å². The van der Waals surface area contributed by atoms with E-state index in [9.17, 15) is 14.7 Å². The van der Waals surface area contributed by atoms with E-state index < -0.39 is 17.5 Å². The molecular formula is C27H29NO7. The van der Waals surface area contributed by atoms with Crippen molar-refractivity contribution in [3.05, 3.63) is 89.5 Å². The van der Waals surface area contributed by atoms with Crippen molar-refractivity contribution in [2.24, 2.45) is 0 Å². The fourth-order valence-electron chi connectivity index (χ4n) is 3.92. The Morgan fingerprint density at radius 3 is 1.77 bits per heavy atom. The van der Waals surface area contributed by atoms with Gasteiger partial charge in [-0.3, -0.25) is 9.59 Å². The second kappa shape index (κ2) is 11.9. The Hall–Kier alpha value is -4.04. The highest BCUT2D eigenvalue weighted by molar-refractivity contribution is 6.00. The number of methoxy groups -OCH3 is 3. The number of carbonyl (C=O) groups excluding carboxylic acids is 1. The Morgan fingerprint density at radius 1 is 0.829 bits per heavy atom. The van der Waals surface area contributed by atoms with Crippen LogP contribution in [0.4, 0.5) is 0 Å². The van der Waals surface area contributed by atoms with Crippen molar-refractivity contribution < 1.29 is 33.6 Å². The average Bonchev–Trinajstić information content (AvgIpc) is 2.90. The van der Waals surface area contributed by atoms with Crippen molar-refractivity contribution in [1.82, 2.24) is 5.32 Å². The lowest BCUT2D eigenvalue weighted by Gasteiger charge is -2.34. The third-order valence-corrected chi connectivity index (χ3v) is 5.56. The van der Waals surface area contributed by atoms with Gasteiger partial charge in [0.05, 0.1) is 34.4 Å². The van der Waals surface area contributed by atoms with Gasteiger partial charge in [0.1, 0.15) is 28.4 Å². The van der Waals surface area contributed by atoms with Crippen LogP contribution < -0.4 is 19.5 Å². The fourth-order valence-corrected chi connectivity index (χ4v) is 3.92. The zero-order valence-electron chi connectivity index (χ0n) is 19.9. The van der Waals surface area contributed by atoms with Crippen LogP contribution in [0.3, 0.4) is 0 Å². The summed E-state index contributed by atoms with van der Waals surface area (Å²) < 4.78 is 22.2. The van der Waals surface area contributed by atoms with E-state index in [-0.39, 0.29) is 25.1 Å². The molecule has 8 nitrogen and oxygen atoms in total. The molecule has 0 fully saturated rings. The van der Waals surface area contributed by atoms with E-state index in [1.54, 1.807) is 12.1 Å². The molecule has 0 aliphatic carbocycles. The van der Waals surface area contributed by atoms with Crippen LogP contribution in [0.15, 0.2) is 72.8 Å². The Kier molecular flexibility index (Phi) is 8.69. The number of aliphatic carboxylic acids is 1. The van der Waals surface area contributed by atoms with Crippen LogP contribution in [0.5, 0.6) is 17.2 Å². The third kappa shape index (κ3) is 5.91. The minimum absolute atomic E-state index is 0.0591. The zero-order chi connectivity index (χ0) is 25.3. The highest BCUT2D eigenvalue weighted by atomic mass is 16.5. The molecule has 0 aromatic heterocycles. The zero-order valence-corrected chi connectivity index (χ0v) is 19.9. The number of ether oxygens (including phenoxy) is 4. The van der Waals surface area contributed by atoms with Crippen molar-refractivity contribution in [2.45, 2.75) is 12.0 Å². The summed E-state index contributed by atoms with van der Waals surface area (Å²) in [5.74, 6) is -0.341. The number of carboxylic acids is 1. The van der Waals surface area contributed by atoms with Gasteiger partial charge in [-0.2, -0.15) is 0 Å². The molecule has 0 atom stereocenters. The second-order valence-corrected chi connectivity index (χ2v) is 7.64. The number of hydrogen-bond donors (Lipinski definition) is 2. The van der Waals surface area contributed by atoms with Gasteiger partial charge in [-0.1, -0.05) is 60.7 Å². The highest BCUT2D eigenvalue weighted by Crippen LogP contribution is 2.37. The van der Waals surface area contributed by atoms with Crippen LogP contribution in [0.1, 0.15) is 27.9 Å². The standard InChI is InChI=1S/C27H29NO7/c1-32-21-16-22(33-2)25(23(17-21)34-3)26(31)28-14-15-35-27(18-24(29)30,19-10-6-4-7-11-19)20-12-8-5-9-13-20/h4-13,16-17H,14-15,18H2,1-3H3,(H,28,31)(H,29,30). The molecule has 1 amide bonds. The normalized spacial score (nSPS) is 10.9. The lowest BCUT2D eigenvalue weighted by Crippen LogP contribution is -2.37. The summed E-state index contributed by atoms with van der Waals surface area (Å²) in [6.07, 6.45) is -0.283. The van der Waals surface area contributed by atoms with Crippen molar-refractivity contribution in [1.29, 1.82) is 0 Å². The van der Waals surface area contributed by atoms with E-state index in [2.05, 4.69) is 5.32 Å². The predicted molar refractivity (Wildman–Crippen MR) is 130 cm³/mol. The van der Waals surface area contributed by atoms with E-state index in [0.29, 0.717) is 28.4 Å². The van der Waals surface area contributed by atoms with E-state index in [1.165, 1.54) is 21.3 Å². The number of benzene rings is 3. The molecule has 3 rings (SSSR count). The van der Waals surface area contributed by atoms with Crippen molar-refractivity contribution in [3.8, 4) is 17.2 Å². The molecule has 0 bridgehead atoms. The maximum atomic E-state index is 13.0. The summed E-state index contributed by atoms with van der Waals surface area (Å²) in [6, 6.07) is 21.6.